The van der Waals surface area contributed by atoms with Gasteiger partial charge in [0.25, 0.3) is 0 Å². The molecule has 2 heterocycles. The molecule has 1 aliphatic heterocycles. The Kier molecular flexibility index (Phi) is 4.30. The lowest BCUT2D eigenvalue weighted by Gasteiger charge is -2.15. The zero-order valence-corrected chi connectivity index (χ0v) is 13.0. The summed E-state index contributed by atoms with van der Waals surface area (Å²) in [7, 11) is 0. The number of anilines is 1. The molecule has 0 spiro atoms. The van der Waals surface area contributed by atoms with Crippen molar-refractivity contribution in [2.75, 3.05) is 4.90 Å². The van der Waals surface area contributed by atoms with Crippen molar-refractivity contribution in [3.8, 4) is 0 Å². The van der Waals surface area contributed by atoms with E-state index in [2.05, 4.69) is 4.98 Å². The van der Waals surface area contributed by atoms with Crippen LogP contribution in [-0.4, -0.2) is 33.1 Å². The van der Waals surface area contributed by atoms with Crippen LogP contribution in [0.5, 0.6) is 0 Å². The zero-order chi connectivity index (χ0) is 17.3. The molecule has 1 saturated heterocycles. The van der Waals surface area contributed by atoms with E-state index in [-0.39, 0.29) is 22.7 Å². The number of carbonyl (C=O) groups excluding carboxylic acids is 2. The number of nitrogens with zero attached hydrogens (tertiary/aromatic N) is 2. The van der Waals surface area contributed by atoms with Crippen LogP contribution in [0, 0.1) is 5.82 Å². The average Bonchev–Trinajstić information content (AvgIpc) is 2.83. The fourth-order valence-corrected chi connectivity index (χ4v) is 3.45. The number of carbonyl (C=O) groups is 3. The third kappa shape index (κ3) is 3.00. The Labute approximate surface area is 140 Å². The molecule has 6 nitrogen and oxygen atoms in total. The van der Waals surface area contributed by atoms with E-state index < -0.39 is 28.9 Å². The summed E-state index contributed by atoms with van der Waals surface area (Å²) in [5.41, 5.74) is 0.261. The number of carboxylic acid groups (broad SMARTS) is 1. The summed E-state index contributed by atoms with van der Waals surface area (Å²) in [6, 6.07) is 7.90. The lowest BCUT2D eigenvalue weighted by molar-refractivity contribution is -0.121. The molecular formula is C16H11FN2O4S. The van der Waals surface area contributed by atoms with Crippen LogP contribution in [0.15, 0.2) is 47.6 Å². The van der Waals surface area contributed by atoms with Crippen LogP contribution in [0.4, 0.5) is 10.1 Å². The van der Waals surface area contributed by atoms with Crippen LogP contribution in [0.3, 0.4) is 0 Å². The Bertz CT molecular complexity index is 825. The first kappa shape index (κ1) is 16.1. The molecule has 122 valence electrons. The third-order valence-electron chi connectivity index (χ3n) is 3.45. The number of pyridine rings is 1. The molecule has 8 heteroatoms. The van der Waals surface area contributed by atoms with Gasteiger partial charge in [0, 0.05) is 12.6 Å². The summed E-state index contributed by atoms with van der Waals surface area (Å²) < 4.78 is 13.0. The monoisotopic (exact) mass is 346 g/mol. The first-order valence-electron chi connectivity index (χ1n) is 6.94. The third-order valence-corrected chi connectivity index (χ3v) is 4.65. The van der Waals surface area contributed by atoms with Crippen LogP contribution in [0.1, 0.15) is 16.8 Å². The maximum atomic E-state index is 13.0. The van der Waals surface area contributed by atoms with Gasteiger partial charge in [-0.1, -0.05) is 11.8 Å². The average molecular weight is 346 g/mol. The molecule has 1 N–H and O–H groups in total. The molecule has 3 rings (SSSR count). The Morgan fingerprint density at radius 1 is 1.25 bits per heavy atom. The van der Waals surface area contributed by atoms with E-state index in [0.717, 1.165) is 28.8 Å². The van der Waals surface area contributed by atoms with Gasteiger partial charge in [0.15, 0.2) is 0 Å². The molecule has 0 saturated carbocycles. The highest BCUT2D eigenvalue weighted by molar-refractivity contribution is 8.00. The molecule has 1 aromatic carbocycles. The fourth-order valence-electron chi connectivity index (χ4n) is 2.34. The number of carboxylic acids is 1. The molecular weight excluding hydrogens is 335 g/mol. The Balaban J connectivity index is 1.85. The highest BCUT2D eigenvalue weighted by Crippen LogP contribution is 2.34. The van der Waals surface area contributed by atoms with Crippen LogP contribution in [0.2, 0.25) is 0 Å². The predicted molar refractivity (Wildman–Crippen MR) is 84.4 cm³/mol. The molecule has 0 unspecified atom stereocenters. The van der Waals surface area contributed by atoms with Crippen molar-refractivity contribution in [1.82, 2.24) is 4.98 Å². The van der Waals surface area contributed by atoms with E-state index in [1.54, 1.807) is 0 Å². The summed E-state index contributed by atoms with van der Waals surface area (Å²) in [5, 5.41) is 8.57. The van der Waals surface area contributed by atoms with E-state index in [4.69, 9.17) is 5.11 Å². The van der Waals surface area contributed by atoms with E-state index in [1.165, 1.54) is 30.5 Å². The van der Waals surface area contributed by atoms with Gasteiger partial charge in [-0.3, -0.25) is 9.59 Å². The first-order chi connectivity index (χ1) is 11.5. The second kappa shape index (κ2) is 6.40. The number of imide groups is 1. The fraction of sp³-hybridized carbons (Fsp3) is 0.125. The van der Waals surface area contributed by atoms with Gasteiger partial charge < -0.3 is 5.11 Å². The molecule has 1 atom stereocenters. The van der Waals surface area contributed by atoms with Gasteiger partial charge in [0.2, 0.25) is 11.8 Å². The van der Waals surface area contributed by atoms with Crippen molar-refractivity contribution in [3.63, 3.8) is 0 Å². The minimum Gasteiger partial charge on any atom is -0.478 e. The minimum absolute atomic E-state index is 0.0250. The van der Waals surface area contributed by atoms with Crippen molar-refractivity contribution < 1.29 is 23.9 Å². The van der Waals surface area contributed by atoms with Crippen molar-refractivity contribution >= 4 is 35.2 Å². The van der Waals surface area contributed by atoms with Gasteiger partial charge in [0.05, 0.1) is 16.5 Å². The van der Waals surface area contributed by atoms with E-state index in [0.29, 0.717) is 0 Å². The number of hydrogen-bond acceptors (Lipinski definition) is 5. The SMILES string of the molecule is O=C(O)c1cccnc1S[C@@H]1CC(=O)N(c2ccc(F)cc2)C1=O. The maximum absolute atomic E-state index is 13.0. The van der Waals surface area contributed by atoms with Crippen LogP contribution in [-0.2, 0) is 9.59 Å². The van der Waals surface area contributed by atoms with Gasteiger partial charge in [-0.25, -0.2) is 19.1 Å². The van der Waals surface area contributed by atoms with Crippen molar-refractivity contribution in [3.05, 3.63) is 54.0 Å². The molecule has 1 aromatic heterocycles. The topological polar surface area (TPSA) is 87.6 Å². The van der Waals surface area contributed by atoms with E-state index >= 15 is 0 Å². The normalized spacial score (nSPS) is 17.4. The largest absolute Gasteiger partial charge is 0.478 e. The first-order valence-corrected chi connectivity index (χ1v) is 7.82. The van der Waals surface area contributed by atoms with E-state index in [1.807, 2.05) is 0 Å². The smallest absolute Gasteiger partial charge is 0.338 e. The molecule has 0 bridgehead atoms. The molecule has 2 aromatic rings. The highest BCUT2D eigenvalue weighted by Gasteiger charge is 2.40. The van der Waals surface area contributed by atoms with Gasteiger partial charge in [0.1, 0.15) is 10.8 Å². The Morgan fingerprint density at radius 3 is 2.62 bits per heavy atom. The van der Waals surface area contributed by atoms with Gasteiger partial charge in [-0.15, -0.1) is 0 Å². The number of thioether (sulfide) groups is 1. The van der Waals surface area contributed by atoms with Crippen molar-refractivity contribution in [1.29, 1.82) is 0 Å². The summed E-state index contributed by atoms with van der Waals surface area (Å²) in [6.07, 6.45) is 1.35. The molecule has 1 fully saturated rings. The van der Waals surface area contributed by atoms with Gasteiger partial charge in [-0.05, 0) is 36.4 Å². The predicted octanol–water partition coefficient (Wildman–Crippen LogP) is 2.34. The van der Waals surface area contributed by atoms with Gasteiger partial charge >= 0.3 is 5.97 Å². The number of aromatic nitrogens is 1. The molecule has 2 amide bonds. The van der Waals surface area contributed by atoms with Crippen LogP contribution in [0.25, 0.3) is 0 Å². The number of amides is 2. The zero-order valence-electron chi connectivity index (χ0n) is 12.2. The second-order valence-electron chi connectivity index (χ2n) is 5.02. The maximum Gasteiger partial charge on any atom is 0.338 e. The standard InChI is InChI=1S/C16H11FN2O4S/c17-9-3-5-10(6-4-9)19-13(20)8-12(15(19)21)24-14-11(16(22)23)2-1-7-18-14/h1-7,12H,8H2,(H,22,23)/t12-/m1/s1. The highest BCUT2D eigenvalue weighted by atomic mass is 32.2. The Morgan fingerprint density at radius 2 is 1.96 bits per heavy atom. The number of halogens is 1. The Hall–Kier alpha value is -2.74. The minimum atomic E-state index is -1.15. The van der Waals surface area contributed by atoms with Crippen LogP contribution >= 0.6 is 11.8 Å². The number of rotatable bonds is 4. The molecule has 0 radical (unpaired) electrons. The number of hydrogen-bond donors (Lipinski definition) is 1. The molecule has 1 aliphatic rings. The lowest BCUT2D eigenvalue weighted by Crippen LogP contribution is -2.31. The van der Waals surface area contributed by atoms with Crippen molar-refractivity contribution in [2.45, 2.75) is 16.7 Å². The summed E-state index contributed by atoms with van der Waals surface area (Å²) >= 11 is 0.942. The van der Waals surface area contributed by atoms with Crippen molar-refractivity contribution in [2.24, 2.45) is 0 Å². The molecule has 0 aliphatic carbocycles. The summed E-state index contributed by atoms with van der Waals surface area (Å²) in [6.45, 7) is 0. The summed E-state index contributed by atoms with van der Waals surface area (Å²) in [5.74, 6) is -2.52. The van der Waals surface area contributed by atoms with Crippen LogP contribution < -0.4 is 4.90 Å². The van der Waals surface area contributed by atoms with E-state index in [9.17, 15) is 18.8 Å². The number of aromatic carboxylic acids is 1. The quantitative estimate of drug-likeness (QED) is 0.855. The second-order valence-corrected chi connectivity index (χ2v) is 6.21. The van der Waals surface area contributed by atoms with Gasteiger partial charge in [-0.2, -0.15) is 0 Å². The molecule has 24 heavy (non-hydrogen) atoms. The number of benzene rings is 1. The lowest BCUT2D eigenvalue weighted by atomic mass is 10.3. The summed E-state index contributed by atoms with van der Waals surface area (Å²) in [4.78, 5) is 40.8.